The molecule has 14 nitrogen and oxygen atoms in total. The molecular formula is C119H54N8O6Pd2. The van der Waals surface area contributed by atoms with Crippen LogP contribution in [0.15, 0.2) is 218 Å². The van der Waals surface area contributed by atoms with E-state index in [9.17, 15) is 0 Å². The number of fused-ring (bicyclic) bond motifs is 18. The summed E-state index contributed by atoms with van der Waals surface area (Å²) in [6, 6.07) is 81.0. The summed E-state index contributed by atoms with van der Waals surface area (Å²) in [5.74, 6) is 120. The van der Waals surface area contributed by atoms with Crippen molar-refractivity contribution < 1.29 is 70.1 Å². The van der Waals surface area contributed by atoms with E-state index in [0.717, 1.165) is 142 Å². The Kier molecular flexibility index (Phi) is 37.0. The van der Waals surface area contributed by atoms with Crippen LogP contribution in [0.5, 0.6) is 23.0 Å². The molecule has 0 amide bonds. The molecule has 0 unspecified atom stereocenters. The van der Waals surface area contributed by atoms with Crippen molar-refractivity contribution in [2.75, 3.05) is 0 Å². The summed E-state index contributed by atoms with van der Waals surface area (Å²) in [5.41, 5.74) is 14.2. The fraction of sp³-hybridized carbons (Fsp3) is 0.0420. The van der Waals surface area contributed by atoms with Crippen molar-refractivity contribution in [1.29, 1.82) is 0 Å². The standard InChI is InChI=1S/C49H4.C33H22N4O.C33H20N4O.2C2H4O2.2Pd/c1-3-5-7-9-11-13-15-17-19-21-23-25-27-29-31-33-35-37-39-41-43-45-47-49-48-46-44-42-40-38-36-34-32-30-28-26-24-22-20-18-16-14-12-10-8-6-4-2;2*1-36-30-15-6-3-12-27(30)34-32(36)21-9-8-10-22(19-21)38-23-17-18-24-25-11-2-5-14-29(25)37-31-16-7-4-13-28(31)35-33(37)26(24)20-23;2*1-2(3)4;;/h1H,2H3;2-20H,1H3;2-18H,1H3;2*1H3,(H,3,4);;/q;;-2;;;;+2. The molecule has 135 heavy (non-hydrogen) atoms. The maximum atomic E-state index is 9.00. The monoisotopic (exact) mass is 1900 g/mol. The van der Waals surface area contributed by atoms with Gasteiger partial charge in [-0.25, -0.2) is 9.97 Å². The van der Waals surface area contributed by atoms with Crippen molar-refractivity contribution in [1.82, 2.24) is 37.9 Å². The van der Waals surface area contributed by atoms with Crippen molar-refractivity contribution in [2.45, 2.75) is 20.8 Å². The molecule has 0 aliphatic heterocycles. The Labute approximate surface area is 808 Å². The average Bonchev–Trinajstić information content (AvgIpc) is 1.60. The maximum absolute atomic E-state index is 9.00. The van der Waals surface area contributed by atoms with Crippen LogP contribution in [0, 0.1) is 297 Å². The first-order chi connectivity index (χ1) is 65.4. The predicted molar refractivity (Wildman–Crippen MR) is 526 cm³/mol. The Bertz CT molecular complexity index is 8940. The molecule has 0 saturated carbocycles. The van der Waals surface area contributed by atoms with Gasteiger partial charge >= 0.3 is 20.4 Å². The van der Waals surface area contributed by atoms with Gasteiger partial charge in [0, 0.05) is 259 Å². The molecule has 626 valence electrons. The number of para-hydroxylation sites is 10. The minimum absolute atomic E-state index is 0. The van der Waals surface area contributed by atoms with E-state index < -0.39 is 11.9 Å². The summed E-state index contributed by atoms with van der Waals surface area (Å²) in [5, 5.41) is 21.4. The van der Waals surface area contributed by atoms with E-state index in [2.05, 4.69) is 418 Å². The van der Waals surface area contributed by atoms with Crippen LogP contribution in [0.2, 0.25) is 0 Å². The van der Waals surface area contributed by atoms with Gasteiger partial charge in [0.15, 0.2) is 0 Å². The second-order valence-electron chi connectivity index (χ2n) is 26.1. The van der Waals surface area contributed by atoms with E-state index >= 15 is 0 Å². The van der Waals surface area contributed by atoms with Crippen molar-refractivity contribution in [3.8, 4) is 330 Å². The van der Waals surface area contributed by atoms with Gasteiger partial charge in [-0.2, -0.15) is 0 Å². The summed E-state index contributed by atoms with van der Waals surface area (Å²) in [7, 11) is 4.07. The summed E-state index contributed by atoms with van der Waals surface area (Å²) in [6.07, 6.45) is 4.94. The van der Waals surface area contributed by atoms with Gasteiger partial charge in [0.05, 0.1) is 61.1 Å². The molecule has 0 aliphatic rings. The molecule has 0 radical (unpaired) electrons. The molecule has 6 aromatic heterocycles. The minimum atomic E-state index is -0.833. The zero-order valence-corrected chi connectivity index (χ0v) is 74.7. The largest absolute Gasteiger partial charge is 2.00 e. The van der Waals surface area contributed by atoms with Gasteiger partial charge in [-0.3, -0.25) is 24.0 Å². The molecule has 0 bridgehead atoms. The van der Waals surface area contributed by atoms with Gasteiger partial charge in [0.2, 0.25) is 0 Å². The molecule has 0 spiro atoms. The van der Waals surface area contributed by atoms with Gasteiger partial charge in [-0.15, -0.1) is 36.3 Å². The average molecular weight is 1900 g/mol. The zero-order valence-electron chi connectivity index (χ0n) is 71.6. The number of carbonyl (C=O) groups is 2. The van der Waals surface area contributed by atoms with Crippen LogP contribution in [-0.2, 0) is 64.5 Å². The topological polar surface area (TPSA) is 163 Å². The number of rotatable bonds is 6. The van der Waals surface area contributed by atoms with Gasteiger partial charge in [-0.1, -0.05) is 132 Å². The van der Waals surface area contributed by atoms with E-state index in [1.54, 1.807) is 6.92 Å². The van der Waals surface area contributed by atoms with Crippen molar-refractivity contribution in [2.24, 2.45) is 14.1 Å². The van der Waals surface area contributed by atoms with Crippen LogP contribution in [-0.4, -0.2) is 60.0 Å². The Morgan fingerprint density at radius 1 is 0.311 bits per heavy atom. The van der Waals surface area contributed by atoms with Crippen LogP contribution in [0.1, 0.15) is 20.8 Å². The molecule has 10 aromatic carbocycles. The van der Waals surface area contributed by atoms with Gasteiger partial charge < -0.3 is 33.2 Å². The molecule has 0 aliphatic carbocycles. The molecule has 16 heteroatoms. The fourth-order valence-electron chi connectivity index (χ4n) is 12.4. The third-order valence-corrected chi connectivity index (χ3v) is 17.4. The van der Waals surface area contributed by atoms with E-state index in [1.165, 1.54) is 5.39 Å². The SMILES string of the molecule is C#CC#CC#CC#CC#CC#CC#CC#CC#CC#CC#CC#CC#CC#CC#CC#CC#CC#CC#CC#CC#CC#CC#CC#CC.CC(=O)O.CC(=O)O.Cn1c(-c2[c-]c(Oc3[c-]c4c(cc3)c3ccccc3n3c5ccccc5nc43)ccc2)nc2ccccc21.Cn1c(-c2cccc(Oc3ccc4c5ccccc5n5c6ccccc6nc5c4c3)c2)nc2ccccc21.[Pd+2].[Pd]. The quantitative estimate of drug-likeness (QED) is 0.0709. The van der Waals surface area contributed by atoms with E-state index in [0.29, 0.717) is 11.5 Å². The number of imidazole rings is 4. The van der Waals surface area contributed by atoms with Crippen molar-refractivity contribution in [3.05, 3.63) is 231 Å². The van der Waals surface area contributed by atoms with Crippen molar-refractivity contribution >= 4 is 111 Å². The second-order valence-corrected chi connectivity index (χ2v) is 26.1. The normalized spacial score (nSPS) is 8.44. The first-order valence-corrected chi connectivity index (χ1v) is 39.3. The summed E-state index contributed by atoms with van der Waals surface area (Å²) in [4.78, 5) is 37.7. The minimum Gasteiger partial charge on any atom is -0.497 e. The molecular weight excluding hydrogens is 1850 g/mol. The Morgan fingerprint density at radius 2 is 0.637 bits per heavy atom. The number of pyridine rings is 2. The van der Waals surface area contributed by atoms with Crippen LogP contribution in [0.3, 0.4) is 0 Å². The summed E-state index contributed by atoms with van der Waals surface area (Å²) in [6.45, 7) is 3.85. The smallest absolute Gasteiger partial charge is 0.497 e. The van der Waals surface area contributed by atoms with Gasteiger partial charge in [0.1, 0.15) is 23.0 Å². The molecule has 0 atom stereocenters. The number of benzene rings is 10. The molecule has 16 rings (SSSR count). The van der Waals surface area contributed by atoms with E-state index in [4.69, 9.17) is 55.6 Å². The fourth-order valence-corrected chi connectivity index (χ4v) is 12.4. The predicted octanol–water partition coefficient (Wildman–Crippen LogP) is 16.8. The van der Waals surface area contributed by atoms with Gasteiger partial charge in [0.25, 0.3) is 11.9 Å². The number of carboxylic acid groups (broad SMARTS) is 2. The Hall–Kier alpha value is -20.6. The van der Waals surface area contributed by atoms with E-state index in [-0.39, 0.29) is 40.8 Å². The van der Waals surface area contributed by atoms with Crippen LogP contribution in [0.25, 0.3) is 122 Å². The number of nitrogens with zero attached hydrogens (tertiary/aromatic N) is 8. The number of hydrogen-bond acceptors (Lipinski definition) is 8. The molecule has 0 saturated heterocycles. The number of aryl methyl sites for hydroxylation is 2. The number of hydrogen-bond donors (Lipinski definition) is 2. The number of aromatic nitrogens is 8. The summed E-state index contributed by atoms with van der Waals surface area (Å²) < 4.78 is 21.4. The van der Waals surface area contributed by atoms with E-state index in [1.807, 2.05) is 123 Å². The summed E-state index contributed by atoms with van der Waals surface area (Å²) >= 11 is 0. The number of aliphatic carboxylic acids is 2. The Morgan fingerprint density at radius 3 is 1.06 bits per heavy atom. The number of carboxylic acids is 2. The van der Waals surface area contributed by atoms with Crippen molar-refractivity contribution in [3.63, 3.8) is 0 Å². The van der Waals surface area contributed by atoms with Crippen LogP contribution >= 0.6 is 0 Å². The van der Waals surface area contributed by atoms with Gasteiger partial charge in [-0.05, 0) is 203 Å². The third kappa shape index (κ3) is 27.7. The molecule has 2 N–H and O–H groups in total. The number of terminal acetylenes is 1. The molecule has 0 fully saturated rings. The van der Waals surface area contributed by atoms with Crippen LogP contribution < -0.4 is 9.47 Å². The zero-order chi connectivity index (χ0) is 92.8. The Balaban J connectivity index is 0.000000201. The molecule has 6 heterocycles. The number of ether oxygens (including phenoxy) is 2. The molecule has 16 aromatic rings. The third-order valence-electron chi connectivity index (χ3n) is 17.4. The van der Waals surface area contributed by atoms with Crippen LogP contribution in [0.4, 0.5) is 0 Å². The maximum Gasteiger partial charge on any atom is 2.00 e. The first-order valence-electron chi connectivity index (χ1n) is 39.3. The first kappa shape index (κ1) is 96.6. The second kappa shape index (κ2) is 51.7.